The molecule has 1 aromatic rings. The molecule has 0 unspecified atom stereocenters. The highest BCUT2D eigenvalue weighted by Crippen LogP contribution is 2.15. The summed E-state index contributed by atoms with van der Waals surface area (Å²) in [6, 6.07) is 10.4. The number of hydrogen-bond acceptors (Lipinski definition) is 1. The Kier molecular flexibility index (Phi) is 8.87. The lowest BCUT2D eigenvalue weighted by molar-refractivity contribution is 0.278. The van der Waals surface area contributed by atoms with Gasteiger partial charge >= 0.3 is 0 Å². The van der Waals surface area contributed by atoms with Crippen LogP contribution in [0.2, 0.25) is 0 Å². The molecule has 0 aliphatic carbocycles. The molecule has 0 spiro atoms. The van der Waals surface area contributed by atoms with Crippen molar-refractivity contribution in [2.24, 2.45) is 0 Å². The van der Waals surface area contributed by atoms with Crippen LogP contribution in [-0.2, 0) is 4.74 Å². The van der Waals surface area contributed by atoms with Gasteiger partial charge in [0.2, 0.25) is 0 Å². The summed E-state index contributed by atoms with van der Waals surface area (Å²) >= 11 is 0. The van der Waals surface area contributed by atoms with Gasteiger partial charge in [0.25, 0.3) is 0 Å². The molecule has 0 amide bonds. The summed E-state index contributed by atoms with van der Waals surface area (Å²) < 4.78 is 5.46. The van der Waals surface area contributed by atoms with Crippen molar-refractivity contribution in [1.82, 2.24) is 0 Å². The third kappa shape index (κ3) is 7.71. The Morgan fingerprint density at radius 1 is 0.947 bits per heavy atom. The molecule has 106 valence electrons. The predicted molar refractivity (Wildman–Crippen MR) is 84.0 cm³/mol. The first kappa shape index (κ1) is 15.8. The molecule has 0 heterocycles. The third-order valence-electron chi connectivity index (χ3n) is 3.42. The lowest BCUT2D eigenvalue weighted by atomic mass is 10.1. The molecule has 1 heteroatoms. The highest BCUT2D eigenvalue weighted by molar-refractivity contribution is 5.50. The van der Waals surface area contributed by atoms with E-state index in [9.17, 15) is 0 Å². The molecule has 0 N–H and O–H groups in total. The van der Waals surface area contributed by atoms with E-state index in [1.165, 1.54) is 50.5 Å². The zero-order valence-electron chi connectivity index (χ0n) is 12.5. The monoisotopic (exact) mass is 260 g/mol. The second-order valence-electron chi connectivity index (χ2n) is 5.10. The number of benzene rings is 1. The summed E-state index contributed by atoms with van der Waals surface area (Å²) in [7, 11) is 1.77. The maximum absolute atomic E-state index is 5.46. The molecule has 0 atom stereocenters. The Morgan fingerprint density at radius 3 is 2.21 bits per heavy atom. The van der Waals surface area contributed by atoms with Crippen molar-refractivity contribution in [2.45, 2.75) is 58.3 Å². The molecule has 0 aromatic heterocycles. The Hall–Kier alpha value is -1.24. The summed E-state index contributed by atoms with van der Waals surface area (Å²) in [5, 5.41) is 0. The maximum atomic E-state index is 5.46. The van der Waals surface area contributed by atoms with Gasteiger partial charge in [-0.25, -0.2) is 0 Å². The Bertz CT molecular complexity index is 340. The summed E-state index contributed by atoms with van der Waals surface area (Å²) in [6.45, 7) is 2.26. The van der Waals surface area contributed by atoms with Crippen LogP contribution in [0.4, 0.5) is 0 Å². The first-order valence-corrected chi connectivity index (χ1v) is 7.66. The maximum Gasteiger partial charge on any atom is 0.0961 e. The Labute approximate surface area is 118 Å². The summed E-state index contributed by atoms with van der Waals surface area (Å²) in [5.74, 6) is 1.10. The number of ether oxygens (including phenoxy) is 1. The quantitative estimate of drug-likeness (QED) is 0.381. The predicted octanol–water partition coefficient (Wildman–Crippen LogP) is 5.81. The zero-order chi connectivity index (χ0) is 13.8. The van der Waals surface area contributed by atoms with Gasteiger partial charge in [0.1, 0.15) is 0 Å². The standard InChI is InChI=1S/C18H28O/c1-3-4-5-6-7-8-12-15-18(19-2)16-17-13-10-9-11-14-17/h9-11,13-14,16H,3-8,12,15H2,1-2H3. The second-order valence-corrected chi connectivity index (χ2v) is 5.10. The fourth-order valence-electron chi connectivity index (χ4n) is 2.22. The first-order valence-electron chi connectivity index (χ1n) is 7.66. The molecular formula is C18H28O. The van der Waals surface area contributed by atoms with E-state index in [1.54, 1.807) is 7.11 Å². The molecular weight excluding hydrogens is 232 g/mol. The Morgan fingerprint density at radius 2 is 1.58 bits per heavy atom. The molecule has 0 saturated heterocycles. The topological polar surface area (TPSA) is 9.23 Å². The number of methoxy groups -OCH3 is 1. The van der Waals surface area contributed by atoms with Gasteiger partial charge in [-0.15, -0.1) is 0 Å². The summed E-state index contributed by atoms with van der Waals surface area (Å²) in [6.07, 6.45) is 12.6. The van der Waals surface area contributed by atoms with Crippen molar-refractivity contribution in [3.63, 3.8) is 0 Å². The van der Waals surface area contributed by atoms with E-state index >= 15 is 0 Å². The van der Waals surface area contributed by atoms with Crippen molar-refractivity contribution in [2.75, 3.05) is 7.11 Å². The average Bonchev–Trinajstić information content (AvgIpc) is 2.46. The van der Waals surface area contributed by atoms with E-state index in [1.807, 2.05) is 6.07 Å². The van der Waals surface area contributed by atoms with Crippen LogP contribution in [0, 0.1) is 0 Å². The van der Waals surface area contributed by atoms with Crippen molar-refractivity contribution in [3.8, 4) is 0 Å². The summed E-state index contributed by atoms with van der Waals surface area (Å²) in [5.41, 5.74) is 1.22. The molecule has 0 aliphatic heterocycles. The number of allylic oxidation sites excluding steroid dienone is 1. The van der Waals surface area contributed by atoms with Gasteiger partial charge in [-0.1, -0.05) is 75.8 Å². The van der Waals surface area contributed by atoms with Gasteiger partial charge in [0, 0.05) is 6.42 Å². The fraction of sp³-hybridized carbons (Fsp3) is 0.556. The largest absolute Gasteiger partial charge is 0.501 e. The lowest BCUT2D eigenvalue weighted by Crippen LogP contribution is -1.88. The number of hydrogen-bond donors (Lipinski definition) is 0. The van der Waals surface area contributed by atoms with Gasteiger partial charge in [-0.2, -0.15) is 0 Å². The smallest absolute Gasteiger partial charge is 0.0961 e. The van der Waals surface area contributed by atoms with Crippen LogP contribution in [0.1, 0.15) is 63.9 Å². The van der Waals surface area contributed by atoms with Crippen LogP contribution >= 0.6 is 0 Å². The summed E-state index contributed by atoms with van der Waals surface area (Å²) in [4.78, 5) is 0. The van der Waals surface area contributed by atoms with Crippen molar-refractivity contribution >= 4 is 6.08 Å². The minimum Gasteiger partial charge on any atom is -0.501 e. The zero-order valence-corrected chi connectivity index (χ0v) is 12.5. The second kappa shape index (κ2) is 10.7. The van der Waals surface area contributed by atoms with Gasteiger partial charge in [0.05, 0.1) is 12.9 Å². The van der Waals surface area contributed by atoms with Gasteiger partial charge in [-0.3, -0.25) is 0 Å². The van der Waals surface area contributed by atoms with Crippen molar-refractivity contribution in [3.05, 3.63) is 41.7 Å². The SMILES string of the molecule is CCCCCCCCCC(=Cc1ccccc1)OC. The molecule has 0 aliphatic rings. The van der Waals surface area contributed by atoms with Crippen LogP contribution < -0.4 is 0 Å². The molecule has 1 rings (SSSR count). The van der Waals surface area contributed by atoms with Crippen LogP contribution in [0.25, 0.3) is 6.08 Å². The normalized spacial score (nSPS) is 11.6. The average molecular weight is 260 g/mol. The van der Waals surface area contributed by atoms with Crippen LogP contribution in [-0.4, -0.2) is 7.11 Å². The number of unbranched alkanes of at least 4 members (excludes halogenated alkanes) is 6. The van der Waals surface area contributed by atoms with E-state index in [0.717, 1.165) is 12.2 Å². The third-order valence-corrected chi connectivity index (χ3v) is 3.42. The Balaban J connectivity index is 2.20. The van der Waals surface area contributed by atoms with Crippen molar-refractivity contribution < 1.29 is 4.74 Å². The minimum absolute atomic E-state index is 1.05. The van der Waals surface area contributed by atoms with Gasteiger partial charge in [-0.05, 0) is 18.1 Å². The fourth-order valence-corrected chi connectivity index (χ4v) is 2.22. The van der Waals surface area contributed by atoms with Crippen LogP contribution in [0.5, 0.6) is 0 Å². The molecule has 1 nitrogen and oxygen atoms in total. The van der Waals surface area contributed by atoms with Crippen LogP contribution in [0.15, 0.2) is 36.1 Å². The molecule has 1 aromatic carbocycles. The molecule has 19 heavy (non-hydrogen) atoms. The number of rotatable bonds is 10. The van der Waals surface area contributed by atoms with E-state index in [2.05, 4.69) is 37.3 Å². The van der Waals surface area contributed by atoms with E-state index in [-0.39, 0.29) is 0 Å². The lowest BCUT2D eigenvalue weighted by Gasteiger charge is -2.06. The molecule has 0 radical (unpaired) electrons. The van der Waals surface area contributed by atoms with E-state index in [0.29, 0.717) is 0 Å². The van der Waals surface area contributed by atoms with E-state index < -0.39 is 0 Å². The first-order chi connectivity index (χ1) is 9.36. The highest BCUT2D eigenvalue weighted by Gasteiger charge is 1.98. The molecule has 0 saturated carbocycles. The highest BCUT2D eigenvalue weighted by atomic mass is 16.5. The minimum atomic E-state index is 1.05. The van der Waals surface area contributed by atoms with Gasteiger partial charge < -0.3 is 4.74 Å². The van der Waals surface area contributed by atoms with Crippen molar-refractivity contribution in [1.29, 1.82) is 0 Å². The molecule has 0 bridgehead atoms. The van der Waals surface area contributed by atoms with Crippen LogP contribution in [0.3, 0.4) is 0 Å². The van der Waals surface area contributed by atoms with Gasteiger partial charge in [0.15, 0.2) is 0 Å². The molecule has 0 fully saturated rings. The van der Waals surface area contributed by atoms with E-state index in [4.69, 9.17) is 4.74 Å².